The van der Waals surface area contributed by atoms with Crippen molar-refractivity contribution in [3.8, 4) is 56.0 Å². The summed E-state index contributed by atoms with van der Waals surface area (Å²) in [5.41, 5.74) is 11.4. The van der Waals surface area contributed by atoms with Crippen LogP contribution in [0.25, 0.3) is 66.6 Å². The maximum absolute atomic E-state index is 12.4. The van der Waals surface area contributed by atoms with Crippen LogP contribution in [-0.2, 0) is 0 Å². The number of H-pyrrole nitrogens is 2. The molecule has 0 saturated carbocycles. The summed E-state index contributed by atoms with van der Waals surface area (Å²) in [5, 5.41) is 2.45. The maximum atomic E-state index is 12.4. The van der Waals surface area contributed by atoms with E-state index in [4.69, 9.17) is 21.1 Å². The molecule has 0 unspecified atom stereocenters. The summed E-state index contributed by atoms with van der Waals surface area (Å²) in [5.74, 6) is 1.49. The summed E-state index contributed by atoms with van der Waals surface area (Å²) in [6.07, 6.45) is 7.45. The summed E-state index contributed by atoms with van der Waals surface area (Å²) in [6, 6.07) is 30.8. The average molecular weight is 791 g/mol. The number of benzene rings is 4. The van der Waals surface area contributed by atoms with Crippen molar-refractivity contribution in [1.29, 1.82) is 0 Å². The first-order valence-electron chi connectivity index (χ1n) is 18.6. The second-order valence-corrected chi connectivity index (χ2v) is 14.5. The number of aromatic nitrogens is 4. The van der Waals surface area contributed by atoms with Gasteiger partial charge in [-0.1, -0.05) is 72.3 Å². The van der Waals surface area contributed by atoms with Gasteiger partial charge in [0.15, 0.2) is 0 Å². The van der Waals surface area contributed by atoms with Crippen LogP contribution < -0.4 is 9.47 Å². The highest BCUT2D eigenvalue weighted by Crippen LogP contribution is 2.42. The van der Waals surface area contributed by atoms with E-state index < -0.39 is 0 Å². The molecule has 8 rings (SSSR count). The Morgan fingerprint density at radius 3 is 1.52 bits per heavy atom. The van der Waals surface area contributed by atoms with Crippen molar-refractivity contribution < 1.29 is 19.1 Å². The number of carbonyl (C=O) groups is 2. The molecule has 0 radical (unpaired) electrons. The Kier molecular flexibility index (Phi) is 11.3. The summed E-state index contributed by atoms with van der Waals surface area (Å²) in [6.45, 7) is 2.09. The third kappa shape index (κ3) is 7.49. The number of hydrogen-bond acceptors (Lipinski definition) is 6. The minimum Gasteiger partial charge on any atom is -0.496 e. The van der Waals surface area contributed by atoms with Crippen LogP contribution in [0.1, 0.15) is 26.3 Å². The Hall–Kier alpha value is -6.91. The van der Waals surface area contributed by atoms with Gasteiger partial charge in [0, 0.05) is 108 Å². The molecule has 0 bridgehead atoms. The molecule has 0 atom stereocenters. The average Bonchev–Trinajstić information content (AvgIpc) is 3.89. The Bertz CT molecular complexity index is 2610. The highest BCUT2D eigenvalue weighted by Gasteiger charge is 2.20. The fourth-order valence-corrected chi connectivity index (χ4v) is 7.47. The quantitative estimate of drug-likeness (QED) is 0.158. The molecule has 0 spiro atoms. The molecule has 11 heteroatoms. The van der Waals surface area contributed by atoms with Crippen molar-refractivity contribution in [2.24, 2.45) is 0 Å². The molecule has 4 heterocycles. The zero-order chi connectivity index (χ0) is 41.1. The lowest BCUT2D eigenvalue weighted by atomic mass is 9.95. The van der Waals surface area contributed by atoms with Crippen LogP contribution in [0.4, 0.5) is 0 Å². The van der Waals surface area contributed by atoms with Crippen molar-refractivity contribution in [3.05, 3.63) is 144 Å². The molecule has 8 aromatic rings. The van der Waals surface area contributed by atoms with Crippen LogP contribution in [0.2, 0.25) is 5.02 Å². The number of carbonyl (C=O) groups excluding carboxylic acids is 2. The van der Waals surface area contributed by atoms with E-state index in [0.29, 0.717) is 21.8 Å². The molecule has 0 aliphatic carbocycles. The number of nitrogens with one attached hydrogen (secondary N) is 2. The van der Waals surface area contributed by atoms with E-state index in [9.17, 15) is 9.59 Å². The van der Waals surface area contributed by atoms with E-state index in [1.165, 1.54) is 0 Å². The molecule has 2 N–H and O–H groups in total. The lowest BCUT2D eigenvalue weighted by Gasteiger charge is -2.13. The maximum Gasteiger partial charge on any atom is 0.253 e. The number of rotatable bonds is 8. The molecule has 2 amide bonds. The van der Waals surface area contributed by atoms with E-state index in [1.807, 2.05) is 110 Å². The molecule has 0 aliphatic heterocycles. The van der Waals surface area contributed by atoms with Crippen LogP contribution in [0.3, 0.4) is 0 Å². The topological polar surface area (TPSA) is 116 Å². The minimum absolute atomic E-state index is 0.0186. The van der Waals surface area contributed by atoms with Crippen molar-refractivity contribution in [3.63, 3.8) is 0 Å². The first kappa shape index (κ1) is 39.3. The predicted octanol–water partition coefficient (Wildman–Crippen LogP) is 10.2. The molecule has 10 nitrogen and oxygen atoms in total. The van der Waals surface area contributed by atoms with Gasteiger partial charge in [-0.25, -0.2) is 9.97 Å². The normalized spacial score (nSPS) is 10.9. The standard InChI is InChI=1S/C24H23N3O2.C23H20ClN3O2/c1-15-19(16-8-7-9-17(12-16)24(28)27(2)3)13-25-23-22(15)20(14-26-23)18-10-5-6-11-21(18)29-4;1-27(2)23(28)15-8-6-7-14(11-15)17-12-25-22-20(21(17)24)18(13-26-22)16-9-4-5-10-19(16)29-3/h5-14H,1-4H3,(H,25,26);4-13H,1-3H3,(H,25,26). The summed E-state index contributed by atoms with van der Waals surface area (Å²) in [7, 11) is 10.3. The number of halogens is 1. The Labute approximate surface area is 342 Å². The Balaban J connectivity index is 0.000000177. The molecule has 0 aliphatic rings. The van der Waals surface area contributed by atoms with Gasteiger partial charge in [0.2, 0.25) is 0 Å². The number of para-hydroxylation sites is 2. The van der Waals surface area contributed by atoms with Crippen molar-refractivity contribution in [2.75, 3.05) is 42.4 Å². The van der Waals surface area contributed by atoms with Gasteiger partial charge in [-0.2, -0.15) is 0 Å². The number of aryl methyl sites for hydroxylation is 1. The third-order valence-corrected chi connectivity index (χ3v) is 10.4. The molecule has 4 aromatic carbocycles. The number of nitrogens with zero attached hydrogens (tertiary/aromatic N) is 4. The van der Waals surface area contributed by atoms with Crippen LogP contribution >= 0.6 is 11.6 Å². The van der Waals surface area contributed by atoms with Crippen molar-refractivity contribution in [1.82, 2.24) is 29.7 Å². The monoisotopic (exact) mass is 790 g/mol. The van der Waals surface area contributed by atoms with E-state index in [0.717, 1.165) is 78.0 Å². The third-order valence-electron chi connectivity index (χ3n) is 10.0. The van der Waals surface area contributed by atoms with Crippen LogP contribution in [0.15, 0.2) is 122 Å². The SMILES string of the molecule is COc1ccccc1-c1c[nH]c2ncc(-c3cccc(C(=O)N(C)C)c3)c(C)c12.COc1ccccc1-c1c[nH]c2ncc(-c3cccc(C(=O)N(C)C)c3)c(Cl)c12. The molecule has 292 valence electrons. The fraction of sp³-hybridized carbons (Fsp3) is 0.149. The van der Waals surface area contributed by atoms with Gasteiger partial charge in [0.25, 0.3) is 11.8 Å². The van der Waals surface area contributed by atoms with Crippen LogP contribution in [0, 0.1) is 6.92 Å². The zero-order valence-electron chi connectivity index (χ0n) is 33.3. The lowest BCUT2D eigenvalue weighted by molar-refractivity contribution is 0.0820. The number of aromatic amines is 2. The molecule has 0 fully saturated rings. The molecule has 4 aromatic heterocycles. The summed E-state index contributed by atoms with van der Waals surface area (Å²) >= 11 is 6.87. The van der Waals surface area contributed by atoms with E-state index in [1.54, 1.807) is 64.5 Å². The first-order valence-corrected chi connectivity index (χ1v) is 18.9. The summed E-state index contributed by atoms with van der Waals surface area (Å²) < 4.78 is 11.1. The minimum atomic E-state index is -0.0617. The summed E-state index contributed by atoms with van der Waals surface area (Å²) in [4.78, 5) is 43.5. The van der Waals surface area contributed by atoms with Gasteiger partial charge in [0.1, 0.15) is 22.8 Å². The van der Waals surface area contributed by atoms with Crippen molar-refractivity contribution in [2.45, 2.75) is 6.92 Å². The fourth-order valence-electron chi connectivity index (χ4n) is 7.12. The van der Waals surface area contributed by atoms with Crippen LogP contribution in [-0.4, -0.2) is 84.0 Å². The number of ether oxygens (including phenoxy) is 2. The number of fused-ring (bicyclic) bond motifs is 2. The largest absolute Gasteiger partial charge is 0.496 e. The molecule has 0 saturated heterocycles. The van der Waals surface area contributed by atoms with Gasteiger partial charge in [-0.15, -0.1) is 0 Å². The molecule has 58 heavy (non-hydrogen) atoms. The van der Waals surface area contributed by atoms with Gasteiger partial charge >= 0.3 is 0 Å². The van der Waals surface area contributed by atoms with Crippen molar-refractivity contribution >= 4 is 45.5 Å². The number of methoxy groups -OCH3 is 2. The highest BCUT2D eigenvalue weighted by atomic mass is 35.5. The Morgan fingerprint density at radius 1 is 0.569 bits per heavy atom. The number of pyridine rings is 2. The highest BCUT2D eigenvalue weighted by molar-refractivity contribution is 6.39. The lowest BCUT2D eigenvalue weighted by Crippen LogP contribution is -2.21. The predicted molar refractivity (Wildman–Crippen MR) is 233 cm³/mol. The first-order chi connectivity index (χ1) is 28.0. The van der Waals surface area contributed by atoms with Crippen LogP contribution in [0.5, 0.6) is 11.5 Å². The smallest absolute Gasteiger partial charge is 0.253 e. The van der Waals surface area contributed by atoms with E-state index >= 15 is 0 Å². The van der Waals surface area contributed by atoms with Gasteiger partial charge in [0.05, 0.1) is 19.2 Å². The van der Waals surface area contributed by atoms with E-state index in [-0.39, 0.29) is 11.8 Å². The molecular formula is C47H43ClN6O4. The number of amides is 2. The second kappa shape index (κ2) is 16.7. The number of hydrogen-bond donors (Lipinski definition) is 2. The molecular weight excluding hydrogens is 748 g/mol. The second-order valence-electron chi connectivity index (χ2n) is 14.1. The van der Waals surface area contributed by atoms with Gasteiger partial charge in [-0.05, 0) is 60.0 Å². The van der Waals surface area contributed by atoms with Gasteiger partial charge in [-0.3, -0.25) is 9.59 Å². The zero-order valence-corrected chi connectivity index (χ0v) is 34.1. The van der Waals surface area contributed by atoms with Gasteiger partial charge < -0.3 is 29.2 Å². The van der Waals surface area contributed by atoms with E-state index in [2.05, 4.69) is 26.9 Å². The Morgan fingerprint density at radius 2 is 1.02 bits per heavy atom.